The molecule has 480 valence electrons. The average Bonchev–Trinajstić information content (AvgIpc) is 3.76. The van der Waals surface area contributed by atoms with Gasteiger partial charge in [0.05, 0.1) is 40.5 Å². The Bertz CT molecular complexity index is 2810. The van der Waals surface area contributed by atoms with Gasteiger partial charge in [-0.3, -0.25) is 9.59 Å². The zero-order chi connectivity index (χ0) is 63.5. The number of ether oxygens (including phenoxy) is 3. The smallest absolute Gasteiger partial charge is 0.228 e. The predicted molar refractivity (Wildman–Crippen MR) is 369 cm³/mol. The van der Waals surface area contributed by atoms with E-state index in [4.69, 9.17) is 36.0 Å². The van der Waals surface area contributed by atoms with E-state index in [0.717, 1.165) is 69.9 Å². The first kappa shape index (κ1) is 73.0. The summed E-state index contributed by atoms with van der Waals surface area (Å²) >= 11 is 5.38. The Hall–Kier alpha value is -5.73. The summed E-state index contributed by atoms with van der Waals surface area (Å²) in [5.41, 5.74) is 9.99. The molecule has 7 nitrogen and oxygen atoms in total. The molecule has 3 fully saturated rings. The van der Waals surface area contributed by atoms with Crippen LogP contribution in [0.1, 0.15) is 261 Å². The molecule has 88 heavy (non-hydrogen) atoms. The standard InChI is InChI=1S/C26H34O2.C26H36O.C16H24.C10H11ClO2.C2H6O2/c1-4-5-7-20-10-12-21(13-11-20)22-14-16-23(17-15-22)26(27)19(2)24-8-6-9-25(18-24)28-3;1-4-5-7-21-10-14-23(15-11-21)24-16-12-22(13-17-24)18-20(2)25-8-6-9-26(19-25)27-3;1-2-3-7-14-10-12-16(13-11-14)15-8-5-4-6-9-15;1-7(10(11)12)8-4-3-5-9(6-8)13-2;3-1-2-4/h6,8-9,14-21H,4-5,7,10-13H2,1-3H3;6,8-9,12-13,16-17,19-21,23H,4-5,7,10-11,14-15,18H2,1-3H3;4-6,8-9,14,16H,2-3,7,10-13H2,1H3;3-7H,1-2H3;3-4H,1-2H2. The topological polar surface area (TPSA) is 102 Å². The first-order chi connectivity index (χ1) is 42.8. The van der Waals surface area contributed by atoms with Crippen molar-refractivity contribution in [2.24, 2.45) is 17.8 Å². The van der Waals surface area contributed by atoms with Crippen LogP contribution in [-0.4, -0.2) is 55.8 Å². The van der Waals surface area contributed by atoms with Gasteiger partial charge in [0, 0.05) is 11.5 Å². The van der Waals surface area contributed by atoms with E-state index in [-0.39, 0.29) is 36.1 Å². The molecule has 2 N–H and O–H groups in total. The van der Waals surface area contributed by atoms with Gasteiger partial charge < -0.3 is 24.4 Å². The number of aliphatic hydroxyl groups is 2. The van der Waals surface area contributed by atoms with Crippen molar-refractivity contribution in [3.05, 3.63) is 196 Å². The second-order valence-electron chi connectivity index (χ2n) is 25.3. The van der Waals surface area contributed by atoms with Gasteiger partial charge in [0.25, 0.3) is 0 Å². The van der Waals surface area contributed by atoms with Gasteiger partial charge in [-0.2, -0.15) is 0 Å². The molecule has 6 aromatic rings. The summed E-state index contributed by atoms with van der Waals surface area (Å²) in [6.07, 6.45) is 30.3. The highest BCUT2D eigenvalue weighted by atomic mass is 35.5. The van der Waals surface area contributed by atoms with Gasteiger partial charge in [-0.15, -0.1) is 0 Å². The third-order valence-electron chi connectivity index (χ3n) is 19.1. The summed E-state index contributed by atoms with van der Waals surface area (Å²) in [4.78, 5) is 23.8. The average molecular weight is 1220 g/mol. The fraction of sp³-hybridized carbons (Fsp3) is 0.525. The van der Waals surface area contributed by atoms with Crippen LogP contribution in [0.25, 0.3) is 0 Å². The molecule has 0 aliphatic heterocycles. The van der Waals surface area contributed by atoms with Crippen molar-refractivity contribution in [2.75, 3.05) is 34.5 Å². The second kappa shape index (κ2) is 41.5. The van der Waals surface area contributed by atoms with Crippen molar-refractivity contribution in [3.8, 4) is 17.2 Å². The minimum atomic E-state index is -0.353. The van der Waals surface area contributed by atoms with E-state index in [1.807, 2.05) is 73.7 Å². The van der Waals surface area contributed by atoms with Crippen LogP contribution in [0, 0.1) is 17.8 Å². The lowest BCUT2D eigenvalue weighted by atomic mass is 9.77. The Labute approximate surface area is 537 Å². The van der Waals surface area contributed by atoms with Crippen LogP contribution in [0.4, 0.5) is 0 Å². The maximum absolute atomic E-state index is 12.9. The van der Waals surface area contributed by atoms with Crippen molar-refractivity contribution in [1.82, 2.24) is 0 Å². The number of halogens is 1. The molecule has 9 rings (SSSR count). The molecule has 0 amide bonds. The van der Waals surface area contributed by atoms with E-state index in [1.54, 1.807) is 39.4 Å². The number of hydrogen-bond donors (Lipinski definition) is 2. The third-order valence-corrected chi connectivity index (χ3v) is 19.4. The van der Waals surface area contributed by atoms with E-state index >= 15 is 0 Å². The molecule has 3 unspecified atom stereocenters. The minimum Gasteiger partial charge on any atom is -0.497 e. The van der Waals surface area contributed by atoms with Crippen LogP contribution in [-0.2, 0) is 11.2 Å². The number of aliphatic hydroxyl groups excluding tert-OH is 2. The maximum Gasteiger partial charge on any atom is 0.228 e. The van der Waals surface area contributed by atoms with Crippen LogP contribution in [0.5, 0.6) is 17.2 Å². The maximum atomic E-state index is 12.9. The Kier molecular flexibility index (Phi) is 34.5. The monoisotopic (exact) mass is 1220 g/mol. The number of carbonyl (C=O) groups is 2. The van der Waals surface area contributed by atoms with Crippen LogP contribution in [0.2, 0.25) is 0 Å². The summed E-state index contributed by atoms with van der Waals surface area (Å²) in [5.74, 6) is 7.94. The van der Waals surface area contributed by atoms with Gasteiger partial charge in [-0.1, -0.05) is 215 Å². The lowest BCUT2D eigenvalue weighted by Crippen LogP contribution is -2.14. The molecule has 3 aliphatic carbocycles. The molecular weight excluding hydrogens is 1110 g/mol. The quantitative estimate of drug-likeness (QED) is 0.0460. The summed E-state index contributed by atoms with van der Waals surface area (Å²) in [7, 11) is 4.98. The van der Waals surface area contributed by atoms with Crippen molar-refractivity contribution in [1.29, 1.82) is 0 Å². The Morgan fingerprint density at radius 3 is 1.16 bits per heavy atom. The molecular formula is C80H111ClO7. The summed E-state index contributed by atoms with van der Waals surface area (Å²) < 4.78 is 15.7. The molecule has 6 aromatic carbocycles. The van der Waals surface area contributed by atoms with Crippen LogP contribution in [0.15, 0.2) is 152 Å². The fourth-order valence-electron chi connectivity index (χ4n) is 13.2. The molecule has 0 radical (unpaired) electrons. The van der Waals surface area contributed by atoms with Gasteiger partial charge in [0.2, 0.25) is 5.24 Å². The van der Waals surface area contributed by atoms with Gasteiger partial charge in [0.15, 0.2) is 5.78 Å². The number of hydrogen-bond acceptors (Lipinski definition) is 7. The molecule has 8 heteroatoms. The number of ketones is 1. The Morgan fingerprint density at radius 2 is 0.795 bits per heavy atom. The molecule has 0 spiro atoms. The highest BCUT2D eigenvalue weighted by Gasteiger charge is 2.25. The van der Waals surface area contributed by atoms with Crippen LogP contribution in [0.3, 0.4) is 0 Å². The molecule has 3 atom stereocenters. The van der Waals surface area contributed by atoms with Gasteiger partial charge in [-0.25, -0.2) is 0 Å². The van der Waals surface area contributed by atoms with Crippen molar-refractivity contribution in [2.45, 2.75) is 218 Å². The second-order valence-corrected chi connectivity index (χ2v) is 25.7. The van der Waals surface area contributed by atoms with Gasteiger partial charge >= 0.3 is 0 Å². The lowest BCUT2D eigenvalue weighted by Gasteiger charge is -2.29. The van der Waals surface area contributed by atoms with E-state index < -0.39 is 0 Å². The molecule has 0 heterocycles. The Morgan fingerprint density at radius 1 is 0.443 bits per heavy atom. The van der Waals surface area contributed by atoms with Gasteiger partial charge in [-0.05, 0) is 212 Å². The van der Waals surface area contributed by atoms with E-state index in [0.29, 0.717) is 11.8 Å². The minimum absolute atomic E-state index is 0.125. The van der Waals surface area contributed by atoms with Crippen LogP contribution >= 0.6 is 11.6 Å². The normalized spacial score (nSPS) is 19.8. The number of carbonyl (C=O) groups excluding carboxylic acids is 2. The molecule has 3 aliphatic rings. The number of Topliss-reactive ketones (excluding diaryl/α,β-unsaturated/α-hetero) is 1. The summed E-state index contributed by atoms with van der Waals surface area (Å²) in [5, 5.41) is 14.9. The summed E-state index contributed by atoms with van der Waals surface area (Å²) in [6, 6.07) is 52.6. The van der Waals surface area contributed by atoms with Crippen molar-refractivity contribution < 1.29 is 34.0 Å². The first-order valence-electron chi connectivity index (χ1n) is 33.9. The largest absolute Gasteiger partial charge is 0.497 e. The third kappa shape index (κ3) is 25.3. The zero-order valence-electron chi connectivity index (χ0n) is 55.4. The van der Waals surface area contributed by atoms with Crippen molar-refractivity contribution in [3.63, 3.8) is 0 Å². The highest BCUT2D eigenvalue weighted by Crippen LogP contribution is 2.41. The number of benzene rings is 6. The molecule has 0 bridgehead atoms. The fourth-order valence-corrected chi connectivity index (χ4v) is 13.3. The van der Waals surface area contributed by atoms with Crippen molar-refractivity contribution >= 4 is 22.6 Å². The van der Waals surface area contributed by atoms with E-state index in [1.165, 1.54) is 152 Å². The number of methoxy groups -OCH3 is 3. The van der Waals surface area contributed by atoms with E-state index in [9.17, 15) is 9.59 Å². The number of unbranched alkanes of at least 4 members (excludes halogenated alkanes) is 3. The molecule has 0 saturated heterocycles. The van der Waals surface area contributed by atoms with Crippen LogP contribution < -0.4 is 14.2 Å². The highest BCUT2D eigenvalue weighted by molar-refractivity contribution is 6.64. The summed E-state index contributed by atoms with van der Waals surface area (Å²) in [6.45, 7) is 12.7. The zero-order valence-corrected chi connectivity index (χ0v) is 56.2. The van der Waals surface area contributed by atoms with Gasteiger partial charge in [0.1, 0.15) is 17.2 Å². The first-order valence-corrected chi connectivity index (χ1v) is 34.3. The Balaban J connectivity index is 0.000000218. The predicted octanol–water partition coefficient (Wildman–Crippen LogP) is 21.3. The number of rotatable bonds is 24. The SMILES string of the molecule is CCCCC1CCC(c2ccc(C(=O)C(C)c3cccc(OC)c3)cc2)CC1.CCCCC1CCC(c2ccc(CC(C)c3cccc(OC)c3)cc2)CC1.CCCCC1CCC(c2ccccc2)CC1.COc1cccc(C(C)C(=O)Cl)c1.OCCO. The molecule has 3 saturated carbocycles. The van der Waals surface area contributed by atoms with E-state index in [2.05, 4.69) is 113 Å². The lowest BCUT2D eigenvalue weighted by molar-refractivity contribution is -0.112. The molecule has 0 aromatic heterocycles.